The predicted molar refractivity (Wildman–Crippen MR) is 144 cm³/mol. The Balaban J connectivity index is 1.96. The fourth-order valence-corrected chi connectivity index (χ4v) is 5.43. The van der Waals surface area contributed by atoms with Crippen LogP contribution in [0.2, 0.25) is 0 Å². The first-order valence-electron chi connectivity index (χ1n) is 11.9. The van der Waals surface area contributed by atoms with Crippen LogP contribution in [0.25, 0.3) is 5.76 Å². The molecule has 1 aromatic heterocycles. The average molecular weight is 519 g/mol. The molecule has 7 nitrogen and oxygen atoms in total. The van der Waals surface area contributed by atoms with Crippen molar-refractivity contribution in [1.29, 1.82) is 0 Å². The molecule has 0 spiro atoms. The van der Waals surface area contributed by atoms with Crippen molar-refractivity contribution in [2.24, 2.45) is 0 Å². The number of rotatable bonds is 4. The van der Waals surface area contributed by atoms with E-state index in [-0.39, 0.29) is 26.8 Å². The molecule has 1 fully saturated rings. The minimum Gasteiger partial charge on any atom is -0.507 e. The number of aliphatic hydroxyl groups is 1. The van der Waals surface area contributed by atoms with Crippen molar-refractivity contribution in [3.8, 4) is 0 Å². The van der Waals surface area contributed by atoms with Crippen LogP contribution in [0, 0.1) is 20.8 Å². The molecule has 1 N–H and O–H groups in total. The Morgan fingerprint density at radius 2 is 1.70 bits per heavy atom. The zero-order chi connectivity index (χ0) is 27.2. The molecule has 1 amide bonds. The number of aliphatic hydroxyl groups excluding tert-OH is 1. The lowest BCUT2D eigenvalue weighted by molar-refractivity contribution is -0.132. The number of carbonyl (C=O) groups excluding carboxylic acids is 3. The zero-order valence-electron chi connectivity index (χ0n) is 22.0. The fourth-order valence-electron chi connectivity index (χ4n) is 4.41. The molecular weight excluding hydrogens is 488 g/mol. The van der Waals surface area contributed by atoms with Crippen LogP contribution in [0.3, 0.4) is 0 Å². The Bertz CT molecular complexity index is 1440. The van der Waals surface area contributed by atoms with E-state index in [1.165, 1.54) is 12.0 Å². The highest BCUT2D eigenvalue weighted by Crippen LogP contribution is 2.44. The van der Waals surface area contributed by atoms with Gasteiger partial charge in [-0.15, -0.1) is 0 Å². The highest BCUT2D eigenvalue weighted by molar-refractivity contribution is 7.17. The van der Waals surface area contributed by atoms with Gasteiger partial charge in [-0.1, -0.05) is 74.1 Å². The molecule has 37 heavy (non-hydrogen) atoms. The third kappa shape index (κ3) is 4.69. The van der Waals surface area contributed by atoms with Crippen molar-refractivity contribution < 1.29 is 24.2 Å². The Hall–Kier alpha value is -3.78. The van der Waals surface area contributed by atoms with Crippen LogP contribution in [-0.2, 0) is 19.7 Å². The summed E-state index contributed by atoms with van der Waals surface area (Å²) in [6.07, 6.45) is 0. The lowest BCUT2D eigenvalue weighted by atomic mass is 9.85. The van der Waals surface area contributed by atoms with E-state index in [4.69, 9.17) is 4.74 Å². The predicted octanol–water partition coefficient (Wildman–Crippen LogP) is 5.78. The van der Waals surface area contributed by atoms with Gasteiger partial charge in [0, 0.05) is 5.56 Å². The van der Waals surface area contributed by atoms with Gasteiger partial charge in [0.15, 0.2) is 5.13 Å². The summed E-state index contributed by atoms with van der Waals surface area (Å²) in [5.74, 6) is -2.44. The Morgan fingerprint density at radius 1 is 1.05 bits per heavy atom. The van der Waals surface area contributed by atoms with Gasteiger partial charge in [0.2, 0.25) is 0 Å². The van der Waals surface area contributed by atoms with Gasteiger partial charge >= 0.3 is 11.9 Å². The van der Waals surface area contributed by atoms with Gasteiger partial charge in [0.1, 0.15) is 10.6 Å². The summed E-state index contributed by atoms with van der Waals surface area (Å²) >= 11 is 0.979. The molecule has 2 aromatic carbocycles. The van der Waals surface area contributed by atoms with Crippen molar-refractivity contribution in [2.45, 2.75) is 53.0 Å². The molecule has 0 saturated carbocycles. The van der Waals surface area contributed by atoms with Gasteiger partial charge in [0.05, 0.1) is 24.4 Å². The molecule has 1 atom stereocenters. The Labute approximate surface area is 220 Å². The number of anilines is 1. The number of hydrogen-bond acceptors (Lipinski definition) is 7. The Kier molecular flexibility index (Phi) is 6.81. The van der Waals surface area contributed by atoms with Crippen LogP contribution in [0.1, 0.15) is 70.0 Å². The lowest BCUT2D eigenvalue weighted by Crippen LogP contribution is -2.29. The van der Waals surface area contributed by atoms with Crippen LogP contribution in [0.15, 0.2) is 48.0 Å². The fraction of sp³-hybridized carbons (Fsp3) is 0.310. The number of methoxy groups -OCH3 is 1. The van der Waals surface area contributed by atoms with Crippen LogP contribution in [0.4, 0.5) is 5.13 Å². The first-order valence-corrected chi connectivity index (χ1v) is 12.7. The van der Waals surface area contributed by atoms with Gasteiger partial charge in [0.25, 0.3) is 5.78 Å². The van der Waals surface area contributed by atoms with Crippen LogP contribution in [0.5, 0.6) is 0 Å². The molecular formula is C29H30N2O5S. The number of ether oxygens (including phenoxy) is 1. The minimum absolute atomic E-state index is 0.0188. The number of nitrogens with zero attached hydrogens (tertiary/aromatic N) is 2. The molecule has 4 rings (SSSR count). The lowest BCUT2D eigenvalue weighted by Gasteiger charge is -2.25. The topological polar surface area (TPSA) is 96.8 Å². The molecule has 0 radical (unpaired) electrons. The summed E-state index contributed by atoms with van der Waals surface area (Å²) in [6, 6.07) is 12.3. The van der Waals surface area contributed by atoms with E-state index in [1.807, 2.05) is 50.2 Å². The highest BCUT2D eigenvalue weighted by atomic mass is 32.1. The van der Waals surface area contributed by atoms with E-state index in [2.05, 4.69) is 25.8 Å². The third-order valence-corrected chi connectivity index (χ3v) is 7.68. The molecule has 1 aliphatic rings. The number of amides is 1. The smallest absolute Gasteiger partial charge is 0.350 e. The zero-order valence-corrected chi connectivity index (χ0v) is 22.8. The number of esters is 1. The van der Waals surface area contributed by atoms with Crippen LogP contribution in [-0.4, -0.2) is 34.9 Å². The molecule has 1 unspecified atom stereocenters. The van der Waals surface area contributed by atoms with E-state index < -0.39 is 23.7 Å². The van der Waals surface area contributed by atoms with Crippen LogP contribution >= 0.6 is 11.3 Å². The summed E-state index contributed by atoms with van der Waals surface area (Å²) in [6.45, 7) is 11.7. The normalized spacial score (nSPS) is 17.4. The van der Waals surface area contributed by atoms with Gasteiger partial charge < -0.3 is 9.84 Å². The summed E-state index contributed by atoms with van der Waals surface area (Å²) in [4.78, 5) is 45.1. The van der Waals surface area contributed by atoms with E-state index in [1.54, 1.807) is 13.0 Å². The van der Waals surface area contributed by atoms with Gasteiger partial charge in [-0.05, 0) is 48.9 Å². The third-order valence-electron chi connectivity index (χ3n) is 6.55. The second-order valence-corrected chi connectivity index (χ2v) is 11.2. The van der Waals surface area contributed by atoms with E-state index in [0.29, 0.717) is 16.8 Å². The van der Waals surface area contributed by atoms with Crippen molar-refractivity contribution in [3.05, 3.63) is 86.4 Å². The molecule has 0 bridgehead atoms. The molecule has 0 aliphatic carbocycles. The highest BCUT2D eigenvalue weighted by Gasteiger charge is 2.48. The molecule has 2 heterocycles. The van der Waals surface area contributed by atoms with Crippen LogP contribution < -0.4 is 4.90 Å². The number of aromatic nitrogens is 1. The second-order valence-electron chi connectivity index (χ2n) is 10.3. The summed E-state index contributed by atoms with van der Waals surface area (Å²) in [7, 11) is 1.27. The number of ketones is 1. The average Bonchev–Trinajstić information content (AvgIpc) is 3.36. The largest absolute Gasteiger partial charge is 0.507 e. The number of aryl methyl sites for hydroxylation is 3. The molecule has 1 saturated heterocycles. The molecule has 1 aliphatic heterocycles. The van der Waals surface area contributed by atoms with E-state index in [0.717, 1.165) is 28.0 Å². The summed E-state index contributed by atoms with van der Waals surface area (Å²) < 4.78 is 4.85. The quantitative estimate of drug-likeness (QED) is 0.204. The first kappa shape index (κ1) is 26.3. The Morgan fingerprint density at radius 3 is 2.30 bits per heavy atom. The maximum absolute atomic E-state index is 13.5. The minimum atomic E-state index is -0.926. The summed E-state index contributed by atoms with van der Waals surface area (Å²) in [5, 5.41) is 11.7. The van der Waals surface area contributed by atoms with Gasteiger partial charge in [-0.25, -0.2) is 9.78 Å². The number of thiazole rings is 1. The standard InChI is InChI=1S/C29H30N2O5S/c1-15-8-9-16(2)20(14-15)23(32)21-22(18-10-12-19(13-11-18)29(4,5)6)31(26(34)24(21)33)28-30-17(3)25(37-28)27(35)36-7/h8-14,22,32H,1-7H3. The summed E-state index contributed by atoms with van der Waals surface area (Å²) in [5.41, 5.74) is 4.17. The maximum atomic E-state index is 13.5. The van der Waals surface area contributed by atoms with Crippen molar-refractivity contribution in [3.63, 3.8) is 0 Å². The molecule has 192 valence electrons. The van der Waals surface area contributed by atoms with Crippen molar-refractivity contribution in [2.75, 3.05) is 12.0 Å². The second kappa shape index (κ2) is 9.59. The number of Topliss-reactive ketones (excluding diaryl/α,β-unsaturated/α-hetero) is 1. The molecule has 8 heteroatoms. The number of hydrogen-bond donors (Lipinski definition) is 1. The number of carbonyl (C=O) groups is 3. The van der Waals surface area contributed by atoms with Crippen molar-refractivity contribution in [1.82, 2.24) is 4.98 Å². The maximum Gasteiger partial charge on any atom is 0.350 e. The SMILES string of the molecule is COC(=O)c1sc(N2C(=O)C(=O)C(=C(O)c3cc(C)ccc3C)C2c2ccc(C(C)(C)C)cc2)nc1C. The van der Waals surface area contributed by atoms with Crippen molar-refractivity contribution >= 4 is 39.9 Å². The van der Waals surface area contributed by atoms with E-state index >= 15 is 0 Å². The first-order chi connectivity index (χ1) is 17.3. The monoisotopic (exact) mass is 518 g/mol. The number of benzene rings is 2. The van der Waals surface area contributed by atoms with Gasteiger partial charge in [-0.2, -0.15) is 0 Å². The van der Waals surface area contributed by atoms with Gasteiger partial charge in [-0.3, -0.25) is 14.5 Å². The molecule has 3 aromatic rings. The van der Waals surface area contributed by atoms with E-state index in [9.17, 15) is 19.5 Å².